The van der Waals surface area contributed by atoms with Gasteiger partial charge in [-0.2, -0.15) is 5.10 Å². The Morgan fingerprint density at radius 2 is 1.74 bits per heavy atom. The summed E-state index contributed by atoms with van der Waals surface area (Å²) in [5.74, 6) is 0.318. The second-order valence-electron chi connectivity index (χ2n) is 5.06. The first kappa shape index (κ1) is 16.7. The van der Waals surface area contributed by atoms with E-state index in [1.54, 1.807) is 12.1 Å². The molecule has 2 rings (SSSR count). The predicted molar refractivity (Wildman–Crippen MR) is 93.0 cm³/mol. The maximum absolute atomic E-state index is 12.4. The molecule has 1 amide bonds. The molecule has 0 atom stereocenters. The molecule has 0 aliphatic carbocycles. The Morgan fingerprint density at radius 3 is 2.43 bits per heavy atom. The number of carbonyl (C=O) groups excluding carboxylic acids is 1. The fourth-order valence-corrected chi connectivity index (χ4v) is 2.15. The SMILES string of the molecule is CCCOc1ccccc1C(=O)N/N=C(\CC)c1ccccc1. The Bertz CT molecular complexity index is 666. The molecule has 0 aliphatic heterocycles. The van der Waals surface area contributed by atoms with Gasteiger partial charge in [0, 0.05) is 0 Å². The molecule has 0 spiro atoms. The Labute approximate surface area is 137 Å². The second-order valence-corrected chi connectivity index (χ2v) is 5.06. The first-order valence-electron chi connectivity index (χ1n) is 7.90. The summed E-state index contributed by atoms with van der Waals surface area (Å²) in [4.78, 5) is 12.4. The van der Waals surface area contributed by atoms with E-state index in [0.717, 1.165) is 24.1 Å². The van der Waals surface area contributed by atoms with Gasteiger partial charge < -0.3 is 4.74 Å². The molecule has 0 fully saturated rings. The van der Waals surface area contributed by atoms with Gasteiger partial charge in [-0.25, -0.2) is 5.43 Å². The van der Waals surface area contributed by atoms with Gasteiger partial charge in [0.2, 0.25) is 0 Å². The molecule has 2 aromatic carbocycles. The van der Waals surface area contributed by atoms with Crippen LogP contribution in [0.15, 0.2) is 59.7 Å². The number of hydrogen-bond donors (Lipinski definition) is 1. The summed E-state index contributed by atoms with van der Waals surface area (Å²) in [6.45, 7) is 4.62. The largest absolute Gasteiger partial charge is 0.493 e. The topological polar surface area (TPSA) is 50.7 Å². The van der Waals surface area contributed by atoms with Gasteiger partial charge in [0.1, 0.15) is 5.75 Å². The molecular weight excluding hydrogens is 288 g/mol. The number of benzene rings is 2. The highest BCUT2D eigenvalue weighted by atomic mass is 16.5. The van der Waals surface area contributed by atoms with E-state index in [-0.39, 0.29) is 5.91 Å². The lowest BCUT2D eigenvalue weighted by Crippen LogP contribution is -2.21. The van der Waals surface area contributed by atoms with Crippen LogP contribution in [0.5, 0.6) is 5.75 Å². The van der Waals surface area contributed by atoms with Gasteiger partial charge in [0.05, 0.1) is 17.9 Å². The third-order valence-corrected chi connectivity index (χ3v) is 3.33. The van der Waals surface area contributed by atoms with Crippen LogP contribution in [0.4, 0.5) is 0 Å². The third kappa shape index (κ3) is 4.68. The van der Waals surface area contributed by atoms with Crippen LogP contribution in [0.1, 0.15) is 42.6 Å². The van der Waals surface area contributed by atoms with Crippen molar-refractivity contribution in [3.63, 3.8) is 0 Å². The minimum Gasteiger partial charge on any atom is -0.493 e. The minimum atomic E-state index is -0.265. The second kappa shape index (κ2) is 8.73. The van der Waals surface area contributed by atoms with Crippen molar-refractivity contribution in [2.75, 3.05) is 6.61 Å². The van der Waals surface area contributed by atoms with Crippen molar-refractivity contribution in [1.82, 2.24) is 5.43 Å². The lowest BCUT2D eigenvalue weighted by Gasteiger charge is -2.10. The third-order valence-electron chi connectivity index (χ3n) is 3.33. The van der Waals surface area contributed by atoms with Gasteiger partial charge in [-0.05, 0) is 30.5 Å². The summed E-state index contributed by atoms with van der Waals surface area (Å²) < 4.78 is 5.62. The predicted octanol–water partition coefficient (Wildman–Crippen LogP) is 4.02. The molecule has 4 heteroatoms. The highest BCUT2D eigenvalue weighted by Crippen LogP contribution is 2.18. The molecule has 120 valence electrons. The quantitative estimate of drug-likeness (QED) is 0.620. The molecule has 0 bridgehead atoms. The van der Waals surface area contributed by atoms with Crippen LogP contribution in [0.3, 0.4) is 0 Å². The van der Waals surface area contributed by atoms with Gasteiger partial charge in [0.15, 0.2) is 0 Å². The van der Waals surface area contributed by atoms with Crippen molar-refractivity contribution >= 4 is 11.6 Å². The number of amides is 1. The lowest BCUT2D eigenvalue weighted by molar-refractivity contribution is 0.0950. The zero-order chi connectivity index (χ0) is 16.5. The number of nitrogens with zero attached hydrogens (tertiary/aromatic N) is 1. The van der Waals surface area contributed by atoms with Gasteiger partial charge in [-0.1, -0.05) is 56.3 Å². The summed E-state index contributed by atoms with van der Waals surface area (Å²) in [5, 5.41) is 4.27. The molecule has 23 heavy (non-hydrogen) atoms. The van der Waals surface area contributed by atoms with Crippen molar-refractivity contribution in [2.24, 2.45) is 5.10 Å². The highest BCUT2D eigenvalue weighted by Gasteiger charge is 2.11. The molecule has 2 aromatic rings. The molecular formula is C19H22N2O2. The molecule has 0 saturated heterocycles. The zero-order valence-corrected chi connectivity index (χ0v) is 13.6. The van der Waals surface area contributed by atoms with Crippen LogP contribution in [0.2, 0.25) is 0 Å². The molecule has 0 unspecified atom stereocenters. The monoisotopic (exact) mass is 310 g/mol. The molecule has 0 radical (unpaired) electrons. The Kier molecular flexibility index (Phi) is 6.36. The number of hydrogen-bond acceptors (Lipinski definition) is 3. The standard InChI is InChI=1S/C19H22N2O2/c1-3-14-23-18-13-9-8-12-16(18)19(22)21-20-17(4-2)15-10-6-5-7-11-15/h5-13H,3-4,14H2,1-2H3,(H,21,22)/b20-17+. The van der Waals surface area contributed by atoms with E-state index >= 15 is 0 Å². The van der Waals surface area contributed by atoms with Crippen LogP contribution < -0.4 is 10.2 Å². The van der Waals surface area contributed by atoms with Gasteiger partial charge in [0.25, 0.3) is 5.91 Å². The summed E-state index contributed by atoms with van der Waals surface area (Å²) in [6.07, 6.45) is 1.63. The van der Waals surface area contributed by atoms with E-state index in [1.165, 1.54) is 0 Å². The lowest BCUT2D eigenvalue weighted by atomic mass is 10.1. The number of para-hydroxylation sites is 1. The van der Waals surface area contributed by atoms with E-state index < -0.39 is 0 Å². The van der Waals surface area contributed by atoms with Crippen LogP contribution in [0.25, 0.3) is 0 Å². The first-order valence-corrected chi connectivity index (χ1v) is 7.90. The average Bonchev–Trinajstić information content (AvgIpc) is 2.61. The molecule has 0 aliphatic rings. The van der Waals surface area contributed by atoms with Crippen molar-refractivity contribution in [2.45, 2.75) is 26.7 Å². The van der Waals surface area contributed by atoms with E-state index in [0.29, 0.717) is 17.9 Å². The fraction of sp³-hybridized carbons (Fsp3) is 0.263. The molecule has 1 N–H and O–H groups in total. The van der Waals surface area contributed by atoms with Crippen LogP contribution in [-0.4, -0.2) is 18.2 Å². The van der Waals surface area contributed by atoms with Crippen LogP contribution in [0, 0.1) is 0 Å². The number of hydrazone groups is 1. The van der Waals surface area contributed by atoms with Crippen molar-refractivity contribution in [3.8, 4) is 5.75 Å². The first-order chi connectivity index (χ1) is 11.3. The van der Waals surface area contributed by atoms with E-state index in [4.69, 9.17) is 4.74 Å². The molecule has 0 aromatic heterocycles. The Balaban J connectivity index is 2.14. The van der Waals surface area contributed by atoms with E-state index in [1.807, 2.05) is 56.3 Å². The summed E-state index contributed by atoms with van der Waals surface area (Å²) in [5.41, 5.74) is 4.97. The Morgan fingerprint density at radius 1 is 1.04 bits per heavy atom. The maximum Gasteiger partial charge on any atom is 0.275 e. The van der Waals surface area contributed by atoms with Gasteiger partial charge >= 0.3 is 0 Å². The average molecular weight is 310 g/mol. The smallest absolute Gasteiger partial charge is 0.275 e. The summed E-state index contributed by atoms with van der Waals surface area (Å²) >= 11 is 0. The van der Waals surface area contributed by atoms with Crippen molar-refractivity contribution in [1.29, 1.82) is 0 Å². The summed E-state index contributed by atoms with van der Waals surface area (Å²) in [6, 6.07) is 17.0. The minimum absolute atomic E-state index is 0.265. The van der Waals surface area contributed by atoms with Crippen LogP contribution >= 0.6 is 0 Å². The zero-order valence-electron chi connectivity index (χ0n) is 13.6. The number of ether oxygens (including phenoxy) is 1. The fourth-order valence-electron chi connectivity index (χ4n) is 2.15. The van der Waals surface area contributed by atoms with E-state index in [2.05, 4.69) is 10.5 Å². The van der Waals surface area contributed by atoms with Crippen LogP contribution in [-0.2, 0) is 0 Å². The molecule has 0 heterocycles. The van der Waals surface area contributed by atoms with Crippen molar-refractivity contribution in [3.05, 3.63) is 65.7 Å². The van der Waals surface area contributed by atoms with Gasteiger partial charge in [-0.3, -0.25) is 4.79 Å². The number of rotatable bonds is 7. The summed E-state index contributed by atoms with van der Waals surface area (Å²) in [7, 11) is 0. The Hall–Kier alpha value is -2.62. The normalized spacial score (nSPS) is 11.1. The van der Waals surface area contributed by atoms with E-state index in [9.17, 15) is 4.79 Å². The number of carbonyl (C=O) groups is 1. The highest BCUT2D eigenvalue weighted by molar-refractivity contribution is 6.02. The maximum atomic E-state index is 12.4. The van der Waals surface area contributed by atoms with Gasteiger partial charge in [-0.15, -0.1) is 0 Å². The van der Waals surface area contributed by atoms with Crippen molar-refractivity contribution < 1.29 is 9.53 Å². The molecule has 0 saturated carbocycles. The number of nitrogens with one attached hydrogen (secondary N) is 1. The molecule has 4 nitrogen and oxygen atoms in total.